The third-order valence-corrected chi connectivity index (χ3v) is 5.24. The van der Waals surface area contributed by atoms with E-state index >= 15 is 0 Å². The first-order valence-electron chi connectivity index (χ1n) is 9.95. The van der Waals surface area contributed by atoms with Crippen LogP contribution in [0.15, 0.2) is 24.3 Å². The van der Waals surface area contributed by atoms with Gasteiger partial charge in [0.25, 0.3) is 11.8 Å². The average molecular weight is 389 g/mol. The van der Waals surface area contributed by atoms with Gasteiger partial charge in [-0.05, 0) is 56.2 Å². The van der Waals surface area contributed by atoms with Crippen molar-refractivity contribution < 1.29 is 19.1 Å². The van der Waals surface area contributed by atoms with Gasteiger partial charge in [-0.25, -0.2) is 0 Å². The molecule has 0 saturated carbocycles. The second kappa shape index (κ2) is 9.22. The maximum Gasteiger partial charge on any atom is 0.325 e. The summed E-state index contributed by atoms with van der Waals surface area (Å²) in [6, 6.07) is 7.62. The van der Waals surface area contributed by atoms with Crippen molar-refractivity contribution in [1.29, 1.82) is 0 Å². The number of hydrogen-bond acceptors (Lipinski definition) is 4. The first kappa shape index (κ1) is 21.9. The van der Waals surface area contributed by atoms with Gasteiger partial charge in [0, 0.05) is 17.6 Å². The van der Waals surface area contributed by atoms with Crippen molar-refractivity contribution >= 4 is 17.8 Å². The Labute approximate surface area is 167 Å². The van der Waals surface area contributed by atoms with Gasteiger partial charge in [-0.15, -0.1) is 0 Å². The Balaban J connectivity index is 1.79. The summed E-state index contributed by atoms with van der Waals surface area (Å²) in [6.45, 7) is 9.78. The molecule has 0 aromatic heterocycles. The molecule has 154 valence electrons. The number of carbonyl (C=O) groups is 3. The molecule has 2 atom stereocenters. The SMILES string of the molecule is CC1CCCC(C)N1C(=O)COC(=O)CNC(=O)c1ccc(C(C)(C)C)cc1. The molecule has 1 fully saturated rings. The summed E-state index contributed by atoms with van der Waals surface area (Å²) in [5.74, 6) is -1.15. The lowest BCUT2D eigenvalue weighted by molar-refractivity contribution is -0.154. The topological polar surface area (TPSA) is 75.7 Å². The third kappa shape index (κ3) is 5.81. The number of piperidine rings is 1. The van der Waals surface area contributed by atoms with Gasteiger partial charge < -0.3 is 15.0 Å². The Morgan fingerprint density at radius 2 is 1.64 bits per heavy atom. The fourth-order valence-corrected chi connectivity index (χ4v) is 3.56. The lowest BCUT2D eigenvalue weighted by Crippen LogP contribution is -2.49. The van der Waals surface area contributed by atoms with Crippen LogP contribution >= 0.6 is 0 Å². The molecule has 1 aromatic carbocycles. The Morgan fingerprint density at radius 1 is 1.07 bits per heavy atom. The molecule has 1 N–H and O–H groups in total. The lowest BCUT2D eigenvalue weighted by Gasteiger charge is -2.38. The fourth-order valence-electron chi connectivity index (χ4n) is 3.56. The van der Waals surface area contributed by atoms with Gasteiger partial charge in [-0.2, -0.15) is 0 Å². The number of likely N-dealkylation sites (tertiary alicyclic amines) is 1. The van der Waals surface area contributed by atoms with E-state index in [1.54, 1.807) is 17.0 Å². The highest BCUT2D eigenvalue weighted by atomic mass is 16.5. The van der Waals surface area contributed by atoms with E-state index in [0.29, 0.717) is 5.56 Å². The van der Waals surface area contributed by atoms with E-state index in [0.717, 1.165) is 24.8 Å². The first-order valence-corrected chi connectivity index (χ1v) is 9.95. The Morgan fingerprint density at radius 3 is 2.18 bits per heavy atom. The molecule has 1 saturated heterocycles. The molecule has 0 bridgehead atoms. The van der Waals surface area contributed by atoms with Gasteiger partial charge in [0.2, 0.25) is 0 Å². The maximum atomic E-state index is 12.4. The zero-order chi connectivity index (χ0) is 20.9. The Kier molecular flexibility index (Phi) is 7.22. The van der Waals surface area contributed by atoms with E-state index in [4.69, 9.17) is 4.74 Å². The highest BCUT2D eigenvalue weighted by Gasteiger charge is 2.29. The molecule has 0 radical (unpaired) electrons. The molecular formula is C22H32N2O4. The average Bonchev–Trinajstić information content (AvgIpc) is 2.63. The molecule has 1 aromatic rings. The highest BCUT2D eigenvalue weighted by Crippen LogP contribution is 2.23. The first-order chi connectivity index (χ1) is 13.1. The van der Waals surface area contributed by atoms with E-state index in [9.17, 15) is 14.4 Å². The molecule has 6 nitrogen and oxygen atoms in total. The van der Waals surface area contributed by atoms with Crippen molar-refractivity contribution in [2.24, 2.45) is 0 Å². The van der Waals surface area contributed by atoms with Gasteiger partial charge in [0.05, 0.1) is 0 Å². The van der Waals surface area contributed by atoms with Crippen molar-refractivity contribution in [3.8, 4) is 0 Å². The van der Waals surface area contributed by atoms with Crippen molar-refractivity contribution in [2.75, 3.05) is 13.2 Å². The summed E-state index contributed by atoms with van der Waals surface area (Å²) in [5.41, 5.74) is 1.62. The summed E-state index contributed by atoms with van der Waals surface area (Å²) in [6.07, 6.45) is 3.04. The molecule has 2 rings (SSSR count). The number of benzene rings is 1. The maximum absolute atomic E-state index is 12.4. The molecule has 28 heavy (non-hydrogen) atoms. The van der Waals surface area contributed by atoms with Crippen molar-refractivity contribution in [3.05, 3.63) is 35.4 Å². The zero-order valence-corrected chi connectivity index (χ0v) is 17.6. The molecule has 0 aliphatic carbocycles. The minimum absolute atomic E-state index is 0.00863. The molecule has 1 aliphatic heterocycles. The van der Waals surface area contributed by atoms with Gasteiger partial charge in [0.1, 0.15) is 6.54 Å². The largest absolute Gasteiger partial charge is 0.454 e. The van der Waals surface area contributed by atoms with Crippen molar-refractivity contribution in [3.63, 3.8) is 0 Å². The molecule has 2 amide bonds. The molecule has 2 unspecified atom stereocenters. The standard InChI is InChI=1S/C22H32N2O4/c1-15-7-6-8-16(2)24(15)19(25)14-28-20(26)13-23-21(27)17-9-11-18(12-10-17)22(3,4)5/h9-12,15-16H,6-8,13-14H2,1-5H3,(H,23,27). The van der Waals surface area contributed by atoms with Crippen LogP contribution in [-0.2, 0) is 19.7 Å². The van der Waals surface area contributed by atoms with Crippen molar-refractivity contribution in [2.45, 2.75) is 71.4 Å². The number of rotatable bonds is 5. The summed E-state index contributed by atoms with van der Waals surface area (Å²) in [5, 5.41) is 2.54. The minimum atomic E-state index is -0.620. The van der Waals surface area contributed by atoms with Crippen LogP contribution in [0.5, 0.6) is 0 Å². The van der Waals surface area contributed by atoms with E-state index in [1.807, 2.05) is 26.0 Å². The lowest BCUT2D eigenvalue weighted by atomic mass is 9.87. The van der Waals surface area contributed by atoms with Crippen LogP contribution in [-0.4, -0.2) is 47.9 Å². The van der Waals surface area contributed by atoms with Crippen LogP contribution < -0.4 is 5.32 Å². The quantitative estimate of drug-likeness (QED) is 0.787. The number of amides is 2. The van der Waals surface area contributed by atoms with Crippen LogP contribution in [0.4, 0.5) is 0 Å². The summed E-state index contributed by atoms with van der Waals surface area (Å²) in [7, 11) is 0. The third-order valence-electron chi connectivity index (χ3n) is 5.24. The number of carbonyl (C=O) groups excluding carboxylic acids is 3. The number of nitrogens with one attached hydrogen (secondary N) is 1. The van der Waals surface area contributed by atoms with Crippen LogP contribution in [0, 0.1) is 0 Å². The van der Waals surface area contributed by atoms with Gasteiger partial charge in [-0.1, -0.05) is 32.9 Å². The Bertz CT molecular complexity index is 696. The molecule has 0 spiro atoms. The molecule has 1 aliphatic rings. The predicted octanol–water partition coefficient (Wildman–Crippen LogP) is 3.05. The molecular weight excluding hydrogens is 356 g/mol. The second-order valence-corrected chi connectivity index (χ2v) is 8.60. The van der Waals surface area contributed by atoms with Crippen molar-refractivity contribution in [1.82, 2.24) is 10.2 Å². The number of hydrogen-bond donors (Lipinski definition) is 1. The molecule has 6 heteroatoms. The Hall–Kier alpha value is -2.37. The van der Waals surface area contributed by atoms with Crippen LogP contribution in [0.3, 0.4) is 0 Å². The fraction of sp³-hybridized carbons (Fsp3) is 0.591. The second-order valence-electron chi connectivity index (χ2n) is 8.60. The summed E-state index contributed by atoms with van der Waals surface area (Å²) < 4.78 is 5.06. The number of esters is 1. The normalized spacial score (nSPS) is 19.8. The van der Waals surface area contributed by atoms with Crippen LogP contribution in [0.25, 0.3) is 0 Å². The van der Waals surface area contributed by atoms with E-state index in [-0.39, 0.29) is 42.5 Å². The van der Waals surface area contributed by atoms with E-state index in [2.05, 4.69) is 26.1 Å². The summed E-state index contributed by atoms with van der Waals surface area (Å²) >= 11 is 0. The van der Waals surface area contributed by atoms with Gasteiger partial charge in [0.15, 0.2) is 6.61 Å². The van der Waals surface area contributed by atoms with Crippen LogP contribution in [0.1, 0.15) is 69.8 Å². The predicted molar refractivity (Wildman–Crippen MR) is 108 cm³/mol. The van der Waals surface area contributed by atoms with Gasteiger partial charge in [-0.3, -0.25) is 14.4 Å². The van der Waals surface area contributed by atoms with E-state index in [1.165, 1.54) is 0 Å². The molecule has 1 heterocycles. The van der Waals surface area contributed by atoms with Gasteiger partial charge >= 0.3 is 5.97 Å². The van der Waals surface area contributed by atoms with Crippen LogP contribution in [0.2, 0.25) is 0 Å². The highest BCUT2D eigenvalue weighted by molar-refractivity contribution is 5.96. The zero-order valence-electron chi connectivity index (χ0n) is 17.6. The number of ether oxygens (including phenoxy) is 1. The summed E-state index contributed by atoms with van der Waals surface area (Å²) in [4.78, 5) is 38.2. The number of nitrogens with zero attached hydrogens (tertiary/aromatic N) is 1. The smallest absolute Gasteiger partial charge is 0.325 e. The monoisotopic (exact) mass is 388 g/mol. The minimum Gasteiger partial charge on any atom is -0.454 e. The van der Waals surface area contributed by atoms with E-state index < -0.39 is 5.97 Å².